The van der Waals surface area contributed by atoms with E-state index in [9.17, 15) is 5.11 Å². The van der Waals surface area contributed by atoms with Crippen molar-refractivity contribution in [3.8, 4) is 0 Å². The van der Waals surface area contributed by atoms with Crippen LogP contribution in [0.4, 0.5) is 0 Å². The summed E-state index contributed by atoms with van der Waals surface area (Å²) in [6, 6.07) is 0. The number of rotatable bonds is 4. The standard InChI is InChI=1S/C12H17NOS/c1-5-8(2)12(14)9(3)6-11-7-15-10(4)13-11/h5-8,12,14H,1H2,2-4H3/t8-,12-/m0/s1. The Balaban J connectivity index is 2.79. The lowest BCUT2D eigenvalue weighted by Crippen LogP contribution is -2.16. The van der Waals surface area contributed by atoms with E-state index in [-0.39, 0.29) is 5.92 Å². The third-order valence-electron chi connectivity index (χ3n) is 2.35. The van der Waals surface area contributed by atoms with Crippen molar-refractivity contribution in [2.75, 3.05) is 0 Å². The fourth-order valence-electron chi connectivity index (χ4n) is 1.31. The molecule has 0 aliphatic rings. The van der Waals surface area contributed by atoms with E-state index in [0.29, 0.717) is 0 Å². The second kappa shape index (κ2) is 5.24. The van der Waals surface area contributed by atoms with Gasteiger partial charge in [-0.2, -0.15) is 0 Å². The fourth-order valence-corrected chi connectivity index (χ4v) is 1.88. The summed E-state index contributed by atoms with van der Waals surface area (Å²) in [6.45, 7) is 9.51. The second-order valence-electron chi connectivity index (χ2n) is 3.72. The summed E-state index contributed by atoms with van der Waals surface area (Å²) in [5.41, 5.74) is 1.85. The first-order valence-electron chi connectivity index (χ1n) is 4.95. The molecule has 0 saturated carbocycles. The van der Waals surface area contributed by atoms with Gasteiger partial charge in [-0.05, 0) is 25.5 Å². The first kappa shape index (κ1) is 12.1. The summed E-state index contributed by atoms with van der Waals surface area (Å²) >= 11 is 1.61. The largest absolute Gasteiger partial charge is 0.388 e. The molecule has 0 unspecified atom stereocenters. The zero-order valence-corrected chi connectivity index (χ0v) is 10.2. The number of hydrogen-bond acceptors (Lipinski definition) is 3. The van der Waals surface area contributed by atoms with Crippen LogP contribution < -0.4 is 0 Å². The van der Waals surface area contributed by atoms with Crippen molar-refractivity contribution in [3.63, 3.8) is 0 Å². The third kappa shape index (κ3) is 3.29. The van der Waals surface area contributed by atoms with Gasteiger partial charge in [0.2, 0.25) is 0 Å². The van der Waals surface area contributed by atoms with E-state index in [1.54, 1.807) is 17.4 Å². The van der Waals surface area contributed by atoms with Gasteiger partial charge < -0.3 is 5.11 Å². The van der Waals surface area contributed by atoms with Gasteiger partial charge in [0.1, 0.15) is 0 Å². The molecule has 15 heavy (non-hydrogen) atoms. The van der Waals surface area contributed by atoms with E-state index >= 15 is 0 Å². The predicted molar refractivity (Wildman–Crippen MR) is 65.9 cm³/mol. The highest BCUT2D eigenvalue weighted by Gasteiger charge is 2.12. The van der Waals surface area contributed by atoms with E-state index in [1.165, 1.54) is 0 Å². The van der Waals surface area contributed by atoms with Crippen molar-refractivity contribution >= 4 is 17.4 Å². The summed E-state index contributed by atoms with van der Waals surface area (Å²) in [6.07, 6.45) is 3.21. The predicted octanol–water partition coefficient (Wildman–Crippen LogP) is 3.04. The Bertz CT molecular complexity index is 367. The molecule has 0 amide bonds. The molecule has 2 atom stereocenters. The molecule has 1 rings (SSSR count). The molecule has 3 heteroatoms. The van der Waals surface area contributed by atoms with Crippen molar-refractivity contribution in [2.24, 2.45) is 5.92 Å². The van der Waals surface area contributed by atoms with Gasteiger partial charge in [-0.1, -0.05) is 13.0 Å². The van der Waals surface area contributed by atoms with Gasteiger partial charge in [0.05, 0.1) is 16.8 Å². The van der Waals surface area contributed by atoms with E-state index in [0.717, 1.165) is 16.3 Å². The Morgan fingerprint density at radius 2 is 2.33 bits per heavy atom. The Morgan fingerprint density at radius 1 is 1.67 bits per heavy atom. The lowest BCUT2D eigenvalue weighted by molar-refractivity contribution is 0.174. The van der Waals surface area contributed by atoms with Crippen molar-refractivity contribution in [1.82, 2.24) is 4.98 Å². The summed E-state index contributed by atoms with van der Waals surface area (Å²) in [5.74, 6) is 0.0704. The number of aliphatic hydroxyl groups is 1. The molecule has 0 bridgehead atoms. The minimum absolute atomic E-state index is 0.0704. The van der Waals surface area contributed by atoms with Crippen LogP contribution in [0.25, 0.3) is 6.08 Å². The van der Waals surface area contributed by atoms with Gasteiger partial charge in [0.25, 0.3) is 0 Å². The zero-order chi connectivity index (χ0) is 11.4. The minimum atomic E-state index is -0.468. The van der Waals surface area contributed by atoms with Crippen LogP contribution in [0.1, 0.15) is 24.5 Å². The molecule has 0 aromatic carbocycles. The quantitative estimate of drug-likeness (QED) is 0.796. The Hall–Kier alpha value is -0.930. The van der Waals surface area contributed by atoms with Gasteiger partial charge in [0.15, 0.2) is 0 Å². The molecule has 1 aromatic rings. The zero-order valence-electron chi connectivity index (χ0n) is 9.40. The SMILES string of the molecule is C=C[C@H](C)[C@H](O)C(C)=Cc1csc(C)n1. The van der Waals surface area contributed by atoms with Gasteiger partial charge in [-0.3, -0.25) is 0 Å². The summed E-state index contributed by atoms with van der Waals surface area (Å²) in [5, 5.41) is 12.9. The van der Waals surface area contributed by atoms with Crippen molar-refractivity contribution < 1.29 is 5.11 Å². The van der Waals surface area contributed by atoms with Crippen molar-refractivity contribution in [2.45, 2.75) is 26.9 Å². The van der Waals surface area contributed by atoms with Crippen LogP contribution in [0.5, 0.6) is 0 Å². The average Bonchev–Trinajstić information content (AvgIpc) is 2.61. The average molecular weight is 223 g/mol. The van der Waals surface area contributed by atoms with E-state index < -0.39 is 6.10 Å². The van der Waals surface area contributed by atoms with Gasteiger partial charge in [-0.25, -0.2) is 4.98 Å². The van der Waals surface area contributed by atoms with Crippen LogP contribution >= 0.6 is 11.3 Å². The molecule has 1 N–H and O–H groups in total. The number of hydrogen-bond donors (Lipinski definition) is 1. The van der Waals surface area contributed by atoms with E-state index in [2.05, 4.69) is 11.6 Å². The molecule has 1 heterocycles. The molecule has 0 aliphatic heterocycles. The number of aryl methyl sites for hydroxylation is 1. The third-order valence-corrected chi connectivity index (χ3v) is 3.14. The fraction of sp³-hybridized carbons (Fsp3) is 0.417. The summed E-state index contributed by atoms with van der Waals surface area (Å²) < 4.78 is 0. The van der Waals surface area contributed by atoms with E-state index in [4.69, 9.17) is 0 Å². The molecular formula is C12H17NOS. The maximum Gasteiger partial charge on any atom is 0.0901 e. The van der Waals surface area contributed by atoms with E-state index in [1.807, 2.05) is 32.2 Å². The highest BCUT2D eigenvalue weighted by atomic mass is 32.1. The van der Waals surface area contributed by atoms with Crippen LogP contribution in [-0.2, 0) is 0 Å². The second-order valence-corrected chi connectivity index (χ2v) is 4.78. The molecule has 0 saturated heterocycles. The Kier molecular flexibility index (Phi) is 4.24. The molecule has 0 radical (unpaired) electrons. The first-order chi connectivity index (χ1) is 7.04. The van der Waals surface area contributed by atoms with Crippen LogP contribution in [0.15, 0.2) is 23.6 Å². The number of aromatic nitrogens is 1. The molecule has 82 valence electrons. The van der Waals surface area contributed by atoms with Crippen LogP contribution in [0.3, 0.4) is 0 Å². The number of thiazole rings is 1. The molecule has 0 spiro atoms. The van der Waals surface area contributed by atoms with Crippen molar-refractivity contribution in [1.29, 1.82) is 0 Å². The normalized spacial score (nSPS) is 16.1. The molecule has 1 aromatic heterocycles. The first-order valence-corrected chi connectivity index (χ1v) is 5.83. The minimum Gasteiger partial charge on any atom is -0.388 e. The van der Waals surface area contributed by atoms with Gasteiger partial charge >= 0.3 is 0 Å². The smallest absolute Gasteiger partial charge is 0.0901 e. The summed E-state index contributed by atoms with van der Waals surface area (Å²) in [7, 11) is 0. The molecular weight excluding hydrogens is 206 g/mol. The maximum absolute atomic E-state index is 9.89. The topological polar surface area (TPSA) is 33.1 Å². The Morgan fingerprint density at radius 3 is 2.80 bits per heavy atom. The van der Waals surface area contributed by atoms with Crippen LogP contribution in [-0.4, -0.2) is 16.2 Å². The number of aliphatic hydroxyl groups excluding tert-OH is 1. The molecule has 0 fully saturated rings. The summed E-state index contributed by atoms with van der Waals surface area (Å²) in [4.78, 5) is 4.32. The van der Waals surface area contributed by atoms with Gasteiger partial charge in [-0.15, -0.1) is 17.9 Å². The maximum atomic E-state index is 9.89. The molecule has 2 nitrogen and oxygen atoms in total. The van der Waals surface area contributed by atoms with Crippen molar-refractivity contribution in [3.05, 3.63) is 34.3 Å². The lowest BCUT2D eigenvalue weighted by Gasteiger charge is -2.15. The highest BCUT2D eigenvalue weighted by Crippen LogP contribution is 2.17. The van der Waals surface area contributed by atoms with Crippen LogP contribution in [0.2, 0.25) is 0 Å². The molecule has 0 aliphatic carbocycles. The van der Waals surface area contributed by atoms with Crippen LogP contribution in [0, 0.1) is 12.8 Å². The Labute approximate surface area is 95.0 Å². The number of nitrogens with zero attached hydrogens (tertiary/aromatic N) is 1. The highest BCUT2D eigenvalue weighted by molar-refractivity contribution is 7.09. The monoisotopic (exact) mass is 223 g/mol. The lowest BCUT2D eigenvalue weighted by atomic mass is 9.98. The van der Waals surface area contributed by atoms with Gasteiger partial charge in [0, 0.05) is 11.3 Å².